The van der Waals surface area contributed by atoms with E-state index in [1.54, 1.807) is 0 Å². The summed E-state index contributed by atoms with van der Waals surface area (Å²) in [5.41, 5.74) is 1.64. The maximum Gasteiger partial charge on any atom is 0.281 e. The lowest BCUT2D eigenvalue weighted by molar-refractivity contribution is 0.380. The quantitative estimate of drug-likeness (QED) is 0.515. The molecule has 0 fully saturated rings. The smallest absolute Gasteiger partial charge is 0.281 e. The molecule has 0 saturated carbocycles. The van der Waals surface area contributed by atoms with Crippen molar-refractivity contribution in [1.82, 2.24) is 14.9 Å². The Hall–Kier alpha value is -2.54. The molecule has 2 N–H and O–H groups in total. The number of aromatic nitrogens is 2. The molecule has 2 aromatic heterocycles. The predicted molar refractivity (Wildman–Crippen MR) is 127 cm³/mol. The summed E-state index contributed by atoms with van der Waals surface area (Å²) in [7, 11) is -1.22. The summed E-state index contributed by atoms with van der Waals surface area (Å²) in [6.07, 6.45) is 0.800. The highest BCUT2D eigenvalue weighted by Crippen LogP contribution is 2.40. The van der Waals surface area contributed by atoms with E-state index in [1.165, 1.54) is 16.0 Å². The zero-order valence-electron chi connectivity index (χ0n) is 17.7. The molecule has 1 aliphatic rings. The Morgan fingerprint density at radius 2 is 2.10 bits per heavy atom. The third-order valence-electron chi connectivity index (χ3n) is 4.88. The van der Waals surface area contributed by atoms with Gasteiger partial charge in [-0.05, 0) is 42.8 Å². The number of rotatable bonds is 7. The Balaban J connectivity index is 1.89. The van der Waals surface area contributed by atoms with Gasteiger partial charge in [0.15, 0.2) is 14.0 Å². The number of aromatic hydroxyl groups is 1. The van der Waals surface area contributed by atoms with Crippen LogP contribution in [-0.2, 0) is 11.1 Å². The number of hydrogen-bond donors (Lipinski definition) is 2. The average molecular weight is 457 g/mol. The summed E-state index contributed by atoms with van der Waals surface area (Å²) >= 11 is 1.51. The minimum Gasteiger partial charge on any atom is -0.505 e. The Kier molecular flexibility index (Phi) is 6.51. The van der Waals surface area contributed by atoms with Crippen molar-refractivity contribution in [3.63, 3.8) is 0 Å². The first-order chi connectivity index (χ1) is 15.0. The van der Waals surface area contributed by atoms with Gasteiger partial charge in [0.1, 0.15) is 17.1 Å². The van der Waals surface area contributed by atoms with Crippen LogP contribution in [0, 0.1) is 5.92 Å². The number of benzene rings is 1. The van der Waals surface area contributed by atoms with Gasteiger partial charge in [-0.25, -0.2) is 9.67 Å². The molecule has 0 radical (unpaired) electrons. The molecule has 0 aliphatic carbocycles. The maximum absolute atomic E-state index is 13.4. The van der Waals surface area contributed by atoms with Crippen molar-refractivity contribution in [2.75, 3.05) is 6.61 Å². The number of nitrogens with one attached hydrogen (secondary N) is 1. The van der Waals surface area contributed by atoms with Crippen molar-refractivity contribution in [1.29, 1.82) is 0 Å². The Morgan fingerprint density at radius 1 is 1.29 bits per heavy atom. The Morgan fingerprint density at radius 3 is 2.81 bits per heavy atom. The van der Waals surface area contributed by atoms with E-state index in [1.807, 2.05) is 48.0 Å². The second-order valence-electron chi connectivity index (χ2n) is 7.57. The Bertz CT molecular complexity index is 1160. The van der Waals surface area contributed by atoms with Crippen LogP contribution in [-0.4, -0.2) is 27.3 Å². The summed E-state index contributed by atoms with van der Waals surface area (Å²) < 4.78 is 7.36. The standard InChI is InChI=1S/C22H25N4O3PS/c1-4-29-30-17-8-6-5-7-16(17)23-21(25-30)18-20(27)19(15-10-12-31-13-15)24-26(22(18)28)11-9-14(2)3/h5-8,10,12-14,27H,4,9,11H2,1-3H3,(H,23,25). The number of aliphatic imine (C=N–C) groups is 1. The van der Waals surface area contributed by atoms with Crippen molar-refractivity contribution in [2.24, 2.45) is 10.9 Å². The lowest BCUT2D eigenvalue weighted by atomic mass is 10.1. The van der Waals surface area contributed by atoms with E-state index in [9.17, 15) is 9.90 Å². The van der Waals surface area contributed by atoms with E-state index >= 15 is 0 Å². The van der Waals surface area contributed by atoms with E-state index in [2.05, 4.69) is 29.0 Å². The van der Waals surface area contributed by atoms with Gasteiger partial charge in [-0.1, -0.05) is 26.0 Å². The van der Waals surface area contributed by atoms with Crippen molar-refractivity contribution < 1.29 is 9.63 Å². The van der Waals surface area contributed by atoms with E-state index < -0.39 is 8.30 Å². The fourth-order valence-corrected chi connectivity index (χ4v) is 5.41. The lowest BCUT2D eigenvalue weighted by Gasteiger charge is -2.26. The largest absolute Gasteiger partial charge is 0.505 e. The van der Waals surface area contributed by atoms with Gasteiger partial charge in [-0.3, -0.25) is 4.79 Å². The normalized spacial score (nSPS) is 15.5. The molecule has 31 heavy (non-hydrogen) atoms. The van der Waals surface area contributed by atoms with Gasteiger partial charge in [0, 0.05) is 22.8 Å². The second kappa shape index (κ2) is 9.30. The molecule has 0 bridgehead atoms. The Labute approximate surface area is 186 Å². The first-order valence-corrected chi connectivity index (χ1v) is 12.4. The lowest BCUT2D eigenvalue weighted by Crippen LogP contribution is -2.37. The highest BCUT2D eigenvalue weighted by molar-refractivity contribution is 7.60. The molecule has 7 nitrogen and oxygen atoms in total. The molecule has 3 heterocycles. The van der Waals surface area contributed by atoms with Gasteiger partial charge in [0.25, 0.3) is 5.56 Å². The number of aryl methyl sites for hydroxylation is 1. The summed E-state index contributed by atoms with van der Waals surface area (Å²) in [6, 6.07) is 9.57. The van der Waals surface area contributed by atoms with Gasteiger partial charge >= 0.3 is 0 Å². The van der Waals surface area contributed by atoms with Gasteiger partial charge in [0.2, 0.25) is 0 Å². The van der Waals surface area contributed by atoms with E-state index in [4.69, 9.17) is 4.52 Å². The topological polar surface area (TPSA) is 88.7 Å². The molecule has 1 aliphatic heterocycles. The van der Waals surface area contributed by atoms with Crippen molar-refractivity contribution in [3.05, 3.63) is 57.0 Å². The molecule has 0 saturated heterocycles. The van der Waals surface area contributed by atoms with Crippen LogP contribution in [0.25, 0.3) is 11.3 Å². The number of thiophene rings is 1. The van der Waals surface area contributed by atoms with Crippen LogP contribution in [0.5, 0.6) is 5.75 Å². The fourth-order valence-electron chi connectivity index (χ4n) is 3.28. The van der Waals surface area contributed by atoms with Crippen molar-refractivity contribution >= 4 is 36.5 Å². The van der Waals surface area contributed by atoms with Crippen LogP contribution in [0.2, 0.25) is 0 Å². The average Bonchev–Trinajstić information content (AvgIpc) is 3.28. The minimum atomic E-state index is -1.22. The van der Waals surface area contributed by atoms with E-state index in [0.29, 0.717) is 30.6 Å². The number of amidine groups is 1. The van der Waals surface area contributed by atoms with Gasteiger partial charge < -0.3 is 14.7 Å². The predicted octanol–water partition coefficient (Wildman–Crippen LogP) is 4.38. The molecule has 9 heteroatoms. The highest BCUT2D eigenvalue weighted by Gasteiger charge is 2.29. The molecule has 3 aromatic rings. The molecule has 4 rings (SSSR count). The first kappa shape index (κ1) is 21.7. The number of nitrogens with zero attached hydrogens (tertiary/aromatic N) is 3. The van der Waals surface area contributed by atoms with Crippen LogP contribution in [0.3, 0.4) is 0 Å². The van der Waals surface area contributed by atoms with E-state index in [-0.39, 0.29) is 16.9 Å². The van der Waals surface area contributed by atoms with Crippen LogP contribution < -0.4 is 16.0 Å². The number of hydrogen-bond acceptors (Lipinski definition) is 7. The summed E-state index contributed by atoms with van der Waals surface area (Å²) in [4.78, 5) is 18.1. The molecular weight excluding hydrogens is 431 g/mol. The van der Waals surface area contributed by atoms with Gasteiger partial charge in [0.05, 0.1) is 12.3 Å². The first-order valence-electron chi connectivity index (χ1n) is 10.2. The summed E-state index contributed by atoms with van der Waals surface area (Å²) in [5, 5.41) is 23.7. The molecule has 1 atom stereocenters. The van der Waals surface area contributed by atoms with Crippen LogP contribution in [0.4, 0.5) is 5.69 Å². The molecule has 0 amide bonds. The van der Waals surface area contributed by atoms with Crippen molar-refractivity contribution in [2.45, 2.75) is 33.7 Å². The number of para-hydroxylation sites is 1. The fraction of sp³-hybridized carbons (Fsp3) is 0.318. The van der Waals surface area contributed by atoms with Crippen molar-refractivity contribution in [3.8, 4) is 17.0 Å². The third kappa shape index (κ3) is 4.42. The molecule has 162 valence electrons. The molecule has 1 unspecified atom stereocenters. The van der Waals surface area contributed by atoms with Crippen LogP contribution in [0.1, 0.15) is 32.8 Å². The molecular formula is C22H25N4O3PS. The SMILES string of the molecule is CCOP1NC(c2c(O)c(-c3ccsc3)nn(CCC(C)C)c2=O)=Nc2ccccc21. The maximum atomic E-state index is 13.4. The summed E-state index contributed by atoms with van der Waals surface area (Å²) in [5.74, 6) is 0.567. The molecule has 0 spiro atoms. The monoisotopic (exact) mass is 456 g/mol. The van der Waals surface area contributed by atoms with E-state index in [0.717, 1.165) is 23.0 Å². The minimum absolute atomic E-state index is 0.127. The molecule has 1 aromatic carbocycles. The van der Waals surface area contributed by atoms with Gasteiger partial charge in [-0.2, -0.15) is 16.4 Å². The number of fused-ring (bicyclic) bond motifs is 1. The third-order valence-corrected chi connectivity index (χ3v) is 7.31. The van der Waals surface area contributed by atoms with Gasteiger partial charge in [-0.15, -0.1) is 0 Å². The zero-order chi connectivity index (χ0) is 22.0. The highest BCUT2D eigenvalue weighted by atomic mass is 32.1. The second-order valence-corrected chi connectivity index (χ2v) is 9.90. The summed E-state index contributed by atoms with van der Waals surface area (Å²) in [6.45, 7) is 7.11. The zero-order valence-corrected chi connectivity index (χ0v) is 19.4. The van der Waals surface area contributed by atoms with Crippen LogP contribution >= 0.6 is 19.6 Å². The van der Waals surface area contributed by atoms with Crippen LogP contribution in [0.15, 0.2) is 50.9 Å².